The SMILES string of the molecule is CC(=O)NC(C)(C)C1CN(S(=O)(=O)c2ccc(F)c(C(F)(F)F)c2)c2cc(NC(=O)O)ccc2O1. The van der Waals surface area contributed by atoms with Gasteiger partial charge in [0.1, 0.15) is 17.7 Å². The lowest BCUT2D eigenvalue weighted by atomic mass is 9.95. The van der Waals surface area contributed by atoms with Crippen LogP contribution in [0.5, 0.6) is 5.75 Å². The number of fused-ring (bicyclic) bond motifs is 1. The predicted molar refractivity (Wildman–Crippen MR) is 116 cm³/mol. The van der Waals surface area contributed by atoms with Gasteiger partial charge in [0.05, 0.1) is 28.2 Å². The van der Waals surface area contributed by atoms with E-state index in [-0.39, 0.29) is 23.2 Å². The van der Waals surface area contributed by atoms with Crippen molar-refractivity contribution in [2.75, 3.05) is 16.2 Å². The van der Waals surface area contributed by atoms with Crippen LogP contribution in [0.15, 0.2) is 41.3 Å². The van der Waals surface area contributed by atoms with Crippen molar-refractivity contribution in [3.8, 4) is 5.75 Å². The molecule has 0 radical (unpaired) electrons. The lowest BCUT2D eigenvalue weighted by Crippen LogP contribution is -2.60. The van der Waals surface area contributed by atoms with Gasteiger partial charge in [-0.2, -0.15) is 13.2 Å². The number of carboxylic acid groups (broad SMARTS) is 1. The van der Waals surface area contributed by atoms with Gasteiger partial charge in [-0.1, -0.05) is 0 Å². The highest BCUT2D eigenvalue weighted by Gasteiger charge is 2.43. The smallest absolute Gasteiger partial charge is 0.419 e. The molecule has 9 nitrogen and oxygen atoms in total. The third-order valence-electron chi connectivity index (χ3n) is 5.21. The molecular weight excluding hydrogens is 498 g/mol. The summed E-state index contributed by atoms with van der Waals surface area (Å²) in [5, 5.41) is 13.7. The summed E-state index contributed by atoms with van der Waals surface area (Å²) in [6.45, 7) is 3.91. The van der Waals surface area contributed by atoms with E-state index in [9.17, 15) is 35.6 Å². The number of nitrogens with one attached hydrogen (secondary N) is 2. The van der Waals surface area contributed by atoms with Gasteiger partial charge >= 0.3 is 12.3 Å². The van der Waals surface area contributed by atoms with Crippen LogP contribution in [0.2, 0.25) is 0 Å². The van der Waals surface area contributed by atoms with E-state index in [2.05, 4.69) is 10.6 Å². The quantitative estimate of drug-likeness (QED) is 0.516. The van der Waals surface area contributed by atoms with Crippen molar-refractivity contribution >= 4 is 33.4 Å². The molecule has 0 bridgehead atoms. The van der Waals surface area contributed by atoms with E-state index in [1.807, 2.05) is 0 Å². The zero-order chi connectivity index (χ0) is 26.3. The minimum atomic E-state index is -5.15. The molecule has 2 amide bonds. The maximum absolute atomic E-state index is 13.8. The van der Waals surface area contributed by atoms with Gasteiger partial charge in [-0.05, 0) is 50.2 Å². The summed E-state index contributed by atoms with van der Waals surface area (Å²) in [4.78, 5) is 21.8. The monoisotopic (exact) mass is 519 g/mol. The molecule has 0 aromatic heterocycles. The van der Waals surface area contributed by atoms with Crippen LogP contribution in [0.1, 0.15) is 26.3 Å². The molecule has 0 spiro atoms. The summed E-state index contributed by atoms with van der Waals surface area (Å²) in [6, 6.07) is 5.00. The fraction of sp³-hybridized carbons (Fsp3) is 0.333. The molecule has 14 heteroatoms. The van der Waals surface area contributed by atoms with E-state index in [4.69, 9.17) is 9.84 Å². The summed E-state index contributed by atoms with van der Waals surface area (Å²) in [5.74, 6) is -2.11. The standard InChI is InChI=1S/C21H21F4N3O6S/c1-11(29)27-20(2,3)18-10-28(16-8-12(26-19(30)31)4-7-17(16)34-18)35(32,33)13-5-6-15(22)14(9-13)21(23,24)25/h4-9,18,26H,10H2,1-3H3,(H,27,29)(H,30,31). The van der Waals surface area contributed by atoms with E-state index in [0.717, 1.165) is 10.4 Å². The highest BCUT2D eigenvalue weighted by molar-refractivity contribution is 7.92. The van der Waals surface area contributed by atoms with Crippen LogP contribution in [-0.4, -0.2) is 43.7 Å². The molecule has 1 atom stereocenters. The molecule has 1 aliphatic rings. The molecule has 3 rings (SSSR count). The molecule has 2 aromatic rings. The molecule has 3 N–H and O–H groups in total. The van der Waals surface area contributed by atoms with E-state index in [0.29, 0.717) is 12.1 Å². The van der Waals surface area contributed by atoms with Crippen molar-refractivity contribution in [2.24, 2.45) is 0 Å². The number of carbonyl (C=O) groups is 2. The Balaban J connectivity index is 2.17. The lowest BCUT2D eigenvalue weighted by molar-refractivity contribution is -0.140. The Hall–Kier alpha value is -3.55. The zero-order valence-electron chi connectivity index (χ0n) is 18.6. The summed E-state index contributed by atoms with van der Waals surface area (Å²) in [6.07, 6.45) is -7.59. The second-order valence-electron chi connectivity index (χ2n) is 8.30. The highest BCUT2D eigenvalue weighted by Crippen LogP contribution is 2.41. The molecule has 0 saturated carbocycles. The highest BCUT2D eigenvalue weighted by atomic mass is 32.2. The Labute approximate surface area is 197 Å². The van der Waals surface area contributed by atoms with Gasteiger partial charge in [0.15, 0.2) is 0 Å². The number of hydrogen-bond donors (Lipinski definition) is 3. The molecule has 0 aliphatic carbocycles. The molecule has 1 heterocycles. The maximum atomic E-state index is 13.8. The first kappa shape index (κ1) is 26.1. The number of sulfonamides is 1. The number of nitrogens with zero attached hydrogens (tertiary/aromatic N) is 1. The molecular formula is C21H21F4N3O6S. The summed E-state index contributed by atoms with van der Waals surface area (Å²) in [7, 11) is -4.74. The van der Waals surface area contributed by atoms with E-state index in [1.165, 1.54) is 19.1 Å². The van der Waals surface area contributed by atoms with E-state index < -0.39 is 62.7 Å². The van der Waals surface area contributed by atoms with Gasteiger partial charge in [0, 0.05) is 12.6 Å². The zero-order valence-corrected chi connectivity index (χ0v) is 19.4. The van der Waals surface area contributed by atoms with E-state index in [1.54, 1.807) is 13.8 Å². The molecule has 0 saturated heterocycles. The van der Waals surface area contributed by atoms with Gasteiger partial charge in [-0.25, -0.2) is 17.6 Å². The van der Waals surface area contributed by atoms with Gasteiger partial charge in [-0.3, -0.25) is 14.4 Å². The first-order valence-corrected chi connectivity index (χ1v) is 11.5. The number of halogens is 4. The first-order valence-electron chi connectivity index (χ1n) is 10.0. The van der Waals surface area contributed by atoms with Crippen molar-refractivity contribution in [1.82, 2.24) is 5.32 Å². The van der Waals surface area contributed by atoms with Crippen LogP contribution in [-0.2, 0) is 21.0 Å². The molecule has 2 aromatic carbocycles. The minimum absolute atomic E-state index is 0.0302. The number of rotatable bonds is 5. The van der Waals surface area contributed by atoms with Crippen molar-refractivity contribution in [1.29, 1.82) is 0 Å². The van der Waals surface area contributed by atoms with Crippen molar-refractivity contribution in [3.05, 3.63) is 47.8 Å². The number of benzene rings is 2. The maximum Gasteiger partial charge on any atom is 0.419 e. The Kier molecular flexibility index (Phi) is 6.63. The second-order valence-corrected chi connectivity index (χ2v) is 10.2. The van der Waals surface area contributed by atoms with Gasteiger partial charge in [0.2, 0.25) is 5.91 Å². The third-order valence-corrected chi connectivity index (χ3v) is 6.99. The van der Waals surface area contributed by atoms with Crippen molar-refractivity contribution < 1.29 is 45.4 Å². The molecule has 35 heavy (non-hydrogen) atoms. The molecule has 1 unspecified atom stereocenters. The third kappa shape index (κ3) is 5.42. The van der Waals surface area contributed by atoms with Crippen LogP contribution in [0.3, 0.4) is 0 Å². The Morgan fingerprint density at radius 1 is 1.14 bits per heavy atom. The summed E-state index contributed by atoms with van der Waals surface area (Å²) in [5.41, 5.74) is -3.09. The number of anilines is 2. The first-order chi connectivity index (χ1) is 16.0. The lowest BCUT2D eigenvalue weighted by Gasteiger charge is -2.42. The van der Waals surface area contributed by atoms with Crippen LogP contribution < -0.4 is 19.7 Å². The average Bonchev–Trinajstić information content (AvgIpc) is 2.70. The largest absolute Gasteiger partial charge is 0.484 e. The Bertz CT molecular complexity index is 1280. The number of carbonyl (C=O) groups excluding carboxylic acids is 1. The van der Waals surface area contributed by atoms with Gasteiger partial charge in [-0.15, -0.1) is 0 Å². The van der Waals surface area contributed by atoms with Crippen LogP contribution in [0.25, 0.3) is 0 Å². The second kappa shape index (κ2) is 8.91. The fourth-order valence-electron chi connectivity index (χ4n) is 3.60. The fourth-order valence-corrected chi connectivity index (χ4v) is 5.09. The van der Waals surface area contributed by atoms with Crippen molar-refractivity contribution in [2.45, 2.75) is 43.5 Å². The Morgan fingerprint density at radius 2 is 1.80 bits per heavy atom. The normalized spacial score (nSPS) is 16.2. The molecule has 1 aliphatic heterocycles. The van der Waals surface area contributed by atoms with Gasteiger partial charge < -0.3 is 15.2 Å². The van der Waals surface area contributed by atoms with Crippen LogP contribution in [0, 0.1) is 5.82 Å². The average molecular weight is 519 g/mol. The topological polar surface area (TPSA) is 125 Å². The Morgan fingerprint density at radius 3 is 2.37 bits per heavy atom. The molecule has 0 fully saturated rings. The van der Waals surface area contributed by atoms with Crippen molar-refractivity contribution in [3.63, 3.8) is 0 Å². The van der Waals surface area contributed by atoms with Crippen LogP contribution in [0.4, 0.5) is 33.7 Å². The number of hydrogen-bond acceptors (Lipinski definition) is 5. The number of ether oxygens (including phenoxy) is 1. The van der Waals surface area contributed by atoms with Gasteiger partial charge in [0.25, 0.3) is 10.0 Å². The summed E-state index contributed by atoms with van der Waals surface area (Å²) < 4.78 is 87.2. The minimum Gasteiger partial charge on any atom is -0.484 e. The van der Waals surface area contributed by atoms with E-state index >= 15 is 0 Å². The predicted octanol–water partition coefficient (Wildman–Crippen LogP) is 3.81. The molecule has 190 valence electrons. The number of amides is 2. The van der Waals surface area contributed by atoms with Crippen LogP contribution >= 0.6 is 0 Å². The summed E-state index contributed by atoms with van der Waals surface area (Å²) >= 11 is 0. The number of alkyl halides is 3.